The Morgan fingerprint density at radius 1 is 1.15 bits per heavy atom. The number of benzene rings is 2. The Hall–Kier alpha value is -3.14. The molecule has 0 radical (unpaired) electrons. The van der Waals surface area contributed by atoms with Crippen molar-refractivity contribution in [1.82, 2.24) is 15.5 Å². The number of methoxy groups -OCH3 is 1. The number of nitrogens with zero attached hydrogens (tertiary/aromatic N) is 1. The standard InChI is InChI=1S/C24H25N3O6.Na.H/c1-27-11-10-19(28)22(23(27)31)26-24(32)25-18(14-21(29)30)16-8-5-6-15(12-16)13-17-7-3-4-9-20(17)33-2;;/h3-12,18,22H,13-14H2,1-2H3,(H,29,30)(H2,25,26,32);;/t18-,22?;;/m0../s1. The van der Waals surface area contributed by atoms with Crippen molar-refractivity contribution in [3.05, 3.63) is 77.5 Å². The molecule has 0 saturated heterocycles. The monoisotopic (exact) mass is 475 g/mol. The first-order valence-electron chi connectivity index (χ1n) is 10.3. The topological polar surface area (TPSA) is 125 Å². The molecule has 0 saturated carbocycles. The fourth-order valence-corrected chi connectivity index (χ4v) is 3.56. The minimum absolute atomic E-state index is 0. The number of ketones is 1. The summed E-state index contributed by atoms with van der Waals surface area (Å²) in [6.45, 7) is 0. The third kappa shape index (κ3) is 6.93. The van der Waals surface area contributed by atoms with E-state index in [4.69, 9.17) is 4.74 Å². The van der Waals surface area contributed by atoms with Gasteiger partial charge in [0.15, 0.2) is 11.8 Å². The second-order valence-corrected chi connectivity index (χ2v) is 7.60. The SMILES string of the molecule is COc1ccccc1Cc1cccc([C@H](CC(=O)O)NC(=O)NC2C(=O)C=CN(C)C2=O)c1.[NaH]. The number of carbonyl (C=O) groups excluding carboxylic acids is 3. The summed E-state index contributed by atoms with van der Waals surface area (Å²) in [5.74, 6) is -1.50. The number of hydrogen-bond acceptors (Lipinski definition) is 5. The molecule has 0 bridgehead atoms. The Morgan fingerprint density at radius 2 is 1.88 bits per heavy atom. The summed E-state index contributed by atoms with van der Waals surface area (Å²) in [7, 11) is 3.06. The predicted octanol–water partition coefficient (Wildman–Crippen LogP) is 1.38. The number of hydrogen-bond donors (Lipinski definition) is 3. The molecule has 9 nitrogen and oxygen atoms in total. The number of carbonyl (C=O) groups is 4. The zero-order valence-corrected chi connectivity index (χ0v) is 18.3. The second-order valence-electron chi connectivity index (χ2n) is 7.60. The molecule has 2 atom stereocenters. The minimum atomic E-state index is -1.36. The van der Waals surface area contributed by atoms with Crippen LogP contribution < -0.4 is 15.4 Å². The first kappa shape index (κ1) is 27.1. The number of nitrogens with one attached hydrogen (secondary N) is 2. The van der Waals surface area contributed by atoms with Crippen LogP contribution in [0.3, 0.4) is 0 Å². The average molecular weight is 475 g/mol. The van der Waals surface area contributed by atoms with Crippen molar-refractivity contribution in [2.75, 3.05) is 14.2 Å². The van der Waals surface area contributed by atoms with Crippen molar-refractivity contribution in [3.63, 3.8) is 0 Å². The third-order valence-electron chi connectivity index (χ3n) is 5.24. The molecule has 10 heteroatoms. The van der Waals surface area contributed by atoms with Crippen LogP contribution in [0.2, 0.25) is 0 Å². The van der Waals surface area contributed by atoms with E-state index in [0.717, 1.165) is 16.9 Å². The molecule has 2 aromatic rings. The van der Waals surface area contributed by atoms with Gasteiger partial charge in [-0.2, -0.15) is 0 Å². The summed E-state index contributed by atoms with van der Waals surface area (Å²) < 4.78 is 5.39. The Bertz CT molecular complexity index is 1100. The zero-order chi connectivity index (χ0) is 24.0. The molecule has 0 aliphatic carbocycles. The first-order chi connectivity index (χ1) is 15.8. The van der Waals surface area contributed by atoms with Crippen molar-refractivity contribution >= 4 is 53.2 Å². The van der Waals surface area contributed by atoms with Crippen molar-refractivity contribution in [3.8, 4) is 5.75 Å². The Morgan fingerprint density at radius 3 is 2.59 bits per heavy atom. The van der Waals surface area contributed by atoms with Gasteiger partial charge in [-0.05, 0) is 22.8 Å². The summed E-state index contributed by atoms with van der Waals surface area (Å²) in [4.78, 5) is 49.4. The van der Waals surface area contributed by atoms with Gasteiger partial charge in [-0.25, -0.2) is 4.79 Å². The molecule has 2 aromatic carbocycles. The molecule has 0 fully saturated rings. The predicted molar refractivity (Wildman–Crippen MR) is 127 cm³/mol. The van der Waals surface area contributed by atoms with Crippen LogP contribution in [0.15, 0.2) is 60.8 Å². The van der Waals surface area contributed by atoms with Gasteiger partial charge in [-0.15, -0.1) is 0 Å². The number of aliphatic carboxylic acids is 1. The molecule has 0 spiro atoms. The van der Waals surface area contributed by atoms with E-state index in [0.29, 0.717) is 12.0 Å². The van der Waals surface area contributed by atoms with Crippen LogP contribution in [0, 0.1) is 0 Å². The summed E-state index contributed by atoms with van der Waals surface area (Å²) in [5, 5.41) is 14.3. The molecular weight excluding hydrogens is 449 g/mol. The summed E-state index contributed by atoms with van der Waals surface area (Å²) in [6, 6.07) is 11.7. The number of carboxylic acids is 1. The Kier molecular flexibility index (Phi) is 9.85. The summed E-state index contributed by atoms with van der Waals surface area (Å²) >= 11 is 0. The summed E-state index contributed by atoms with van der Waals surface area (Å²) in [5.41, 5.74) is 2.45. The van der Waals surface area contributed by atoms with Gasteiger partial charge >= 0.3 is 41.6 Å². The van der Waals surface area contributed by atoms with E-state index in [-0.39, 0.29) is 36.0 Å². The van der Waals surface area contributed by atoms with Gasteiger partial charge in [0.25, 0.3) is 5.91 Å². The molecule has 34 heavy (non-hydrogen) atoms. The molecule has 1 heterocycles. The van der Waals surface area contributed by atoms with Gasteiger partial charge in [-0.1, -0.05) is 42.5 Å². The molecule has 3 rings (SSSR count). The molecule has 3 N–H and O–H groups in total. The molecule has 1 aliphatic heterocycles. The van der Waals surface area contributed by atoms with Gasteiger partial charge < -0.3 is 25.4 Å². The average Bonchev–Trinajstić information content (AvgIpc) is 2.79. The van der Waals surface area contributed by atoms with Crippen LogP contribution in [0.5, 0.6) is 5.75 Å². The van der Waals surface area contributed by atoms with Gasteiger partial charge in [0.2, 0.25) is 0 Å². The number of carboxylic acid groups (broad SMARTS) is 1. The van der Waals surface area contributed by atoms with Crippen molar-refractivity contribution in [2.45, 2.75) is 24.9 Å². The van der Waals surface area contributed by atoms with Crippen molar-refractivity contribution < 1.29 is 29.0 Å². The molecule has 3 amide bonds. The van der Waals surface area contributed by atoms with Crippen LogP contribution >= 0.6 is 0 Å². The third-order valence-corrected chi connectivity index (χ3v) is 5.24. The van der Waals surface area contributed by atoms with Gasteiger partial charge in [-0.3, -0.25) is 14.4 Å². The van der Waals surface area contributed by atoms with E-state index in [9.17, 15) is 24.3 Å². The molecule has 174 valence electrons. The normalized spacial score (nSPS) is 15.8. The molecular formula is C24H26N3NaO6. The van der Waals surface area contributed by atoms with Crippen LogP contribution in [0.4, 0.5) is 4.79 Å². The van der Waals surface area contributed by atoms with E-state index < -0.39 is 35.8 Å². The van der Waals surface area contributed by atoms with Gasteiger partial charge in [0.1, 0.15) is 5.75 Å². The zero-order valence-electron chi connectivity index (χ0n) is 18.3. The van der Waals surface area contributed by atoms with E-state index in [1.54, 1.807) is 19.2 Å². The van der Waals surface area contributed by atoms with Crippen LogP contribution in [-0.4, -0.2) is 83.5 Å². The van der Waals surface area contributed by atoms with E-state index in [1.165, 1.54) is 24.2 Å². The number of ether oxygens (including phenoxy) is 1. The van der Waals surface area contributed by atoms with E-state index in [1.807, 2.05) is 36.4 Å². The Labute approximate surface area is 219 Å². The molecule has 0 aromatic heterocycles. The number of likely N-dealkylation sites (N-methyl/N-ethyl adjacent to an activating group) is 1. The van der Waals surface area contributed by atoms with Gasteiger partial charge in [0.05, 0.1) is 19.6 Å². The van der Waals surface area contributed by atoms with Crippen LogP contribution in [0.1, 0.15) is 29.2 Å². The quantitative estimate of drug-likeness (QED) is 0.391. The summed E-state index contributed by atoms with van der Waals surface area (Å²) in [6.07, 6.45) is 2.69. The second kappa shape index (κ2) is 12.4. The maximum atomic E-state index is 12.6. The Balaban J connectivity index is 0.00000408. The number of rotatable bonds is 8. The number of para-hydroxylation sites is 1. The van der Waals surface area contributed by atoms with Crippen molar-refractivity contribution in [2.24, 2.45) is 0 Å². The molecule has 1 aliphatic rings. The van der Waals surface area contributed by atoms with E-state index >= 15 is 0 Å². The molecule has 1 unspecified atom stereocenters. The fraction of sp³-hybridized carbons (Fsp3) is 0.250. The number of amides is 3. The van der Waals surface area contributed by atoms with E-state index in [2.05, 4.69) is 10.6 Å². The number of urea groups is 1. The van der Waals surface area contributed by atoms with Crippen molar-refractivity contribution in [1.29, 1.82) is 0 Å². The maximum absolute atomic E-state index is 12.6. The van der Waals surface area contributed by atoms with Gasteiger partial charge in [0, 0.05) is 25.7 Å². The first-order valence-corrected chi connectivity index (χ1v) is 10.3. The van der Waals surface area contributed by atoms with Crippen LogP contribution in [0.25, 0.3) is 0 Å². The fourth-order valence-electron chi connectivity index (χ4n) is 3.56. The van der Waals surface area contributed by atoms with Crippen LogP contribution in [-0.2, 0) is 20.8 Å².